The second-order valence-electron chi connectivity index (χ2n) is 3.84. The number of hydrogen-bond donors (Lipinski definition) is 0. The van der Waals surface area contributed by atoms with Gasteiger partial charge in [0.2, 0.25) is 0 Å². The van der Waals surface area contributed by atoms with Crippen LogP contribution in [0.5, 0.6) is 5.75 Å². The lowest BCUT2D eigenvalue weighted by Crippen LogP contribution is -2.01. The predicted molar refractivity (Wildman–Crippen MR) is 67.9 cm³/mol. The van der Waals surface area contributed by atoms with Crippen LogP contribution in [-0.4, -0.2) is 26.2 Å². The molecule has 0 aliphatic carbocycles. The number of rotatable bonds is 3. The SMILES string of the molecule is FC(F)Oc1ccc(-c2cc(Cl)n3ncnc3n2)cc1. The Hall–Kier alpha value is -2.28. The van der Waals surface area contributed by atoms with Gasteiger partial charge in [-0.15, -0.1) is 0 Å². The molecule has 0 fully saturated rings. The third-order valence-corrected chi connectivity index (χ3v) is 2.85. The highest BCUT2D eigenvalue weighted by molar-refractivity contribution is 6.29. The fourth-order valence-electron chi connectivity index (χ4n) is 1.73. The molecule has 2 aromatic heterocycles. The van der Waals surface area contributed by atoms with E-state index in [1.807, 2.05) is 0 Å². The second kappa shape index (κ2) is 5.01. The van der Waals surface area contributed by atoms with Crippen LogP contribution < -0.4 is 4.74 Å². The molecule has 0 atom stereocenters. The third-order valence-electron chi connectivity index (χ3n) is 2.58. The Morgan fingerprint density at radius 1 is 1.20 bits per heavy atom. The normalized spacial score (nSPS) is 11.2. The molecule has 1 aromatic carbocycles. The van der Waals surface area contributed by atoms with Crippen LogP contribution >= 0.6 is 11.6 Å². The van der Waals surface area contributed by atoms with Crippen molar-refractivity contribution in [1.29, 1.82) is 0 Å². The predicted octanol–water partition coefficient (Wildman–Crippen LogP) is 3.05. The molecule has 0 unspecified atom stereocenters. The van der Waals surface area contributed by atoms with E-state index in [9.17, 15) is 8.78 Å². The molecule has 0 radical (unpaired) electrons. The number of nitrogens with zero attached hydrogens (tertiary/aromatic N) is 4. The van der Waals surface area contributed by atoms with E-state index in [4.69, 9.17) is 11.6 Å². The summed E-state index contributed by atoms with van der Waals surface area (Å²) in [6.45, 7) is -2.85. The summed E-state index contributed by atoms with van der Waals surface area (Å²) in [4.78, 5) is 8.23. The molecule has 0 saturated carbocycles. The average molecular weight is 297 g/mol. The van der Waals surface area contributed by atoms with Crippen molar-refractivity contribution in [3.8, 4) is 17.0 Å². The van der Waals surface area contributed by atoms with E-state index >= 15 is 0 Å². The van der Waals surface area contributed by atoms with Crippen LogP contribution in [0.25, 0.3) is 17.0 Å². The molecule has 3 aromatic rings. The zero-order chi connectivity index (χ0) is 14.1. The number of ether oxygens (including phenoxy) is 1. The van der Waals surface area contributed by atoms with Gasteiger partial charge in [-0.05, 0) is 24.3 Å². The quantitative estimate of drug-likeness (QED) is 0.697. The van der Waals surface area contributed by atoms with Gasteiger partial charge < -0.3 is 4.74 Å². The molecule has 2 heterocycles. The van der Waals surface area contributed by atoms with Crippen molar-refractivity contribution >= 4 is 17.4 Å². The summed E-state index contributed by atoms with van der Waals surface area (Å²) in [6, 6.07) is 7.72. The summed E-state index contributed by atoms with van der Waals surface area (Å²) in [7, 11) is 0. The zero-order valence-electron chi connectivity index (χ0n) is 9.87. The Labute approximate surface area is 116 Å². The maximum Gasteiger partial charge on any atom is 0.387 e. The molecular formula is C12H7ClF2N4O. The van der Waals surface area contributed by atoms with Crippen molar-refractivity contribution < 1.29 is 13.5 Å². The Bertz CT molecular complexity index is 745. The van der Waals surface area contributed by atoms with Crippen molar-refractivity contribution in [3.63, 3.8) is 0 Å². The fraction of sp³-hybridized carbons (Fsp3) is 0.0833. The molecule has 20 heavy (non-hydrogen) atoms. The molecule has 102 valence electrons. The minimum absolute atomic E-state index is 0.0819. The minimum atomic E-state index is -2.85. The van der Waals surface area contributed by atoms with E-state index < -0.39 is 6.61 Å². The zero-order valence-corrected chi connectivity index (χ0v) is 10.6. The maximum absolute atomic E-state index is 12.1. The molecule has 0 aliphatic rings. The summed E-state index contributed by atoms with van der Waals surface area (Å²) < 4.78 is 29.8. The Balaban J connectivity index is 1.98. The van der Waals surface area contributed by atoms with E-state index in [0.717, 1.165) is 0 Å². The van der Waals surface area contributed by atoms with Gasteiger partial charge in [-0.2, -0.15) is 23.4 Å². The average Bonchev–Trinajstić information content (AvgIpc) is 2.87. The van der Waals surface area contributed by atoms with E-state index in [-0.39, 0.29) is 5.75 Å². The van der Waals surface area contributed by atoms with Crippen LogP contribution in [-0.2, 0) is 0 Å². The highest BCUT2D eigenvalue weighted by atomic mass is 35.5. The van der Waals surface area contributed by atoms with E-state index in [2.05, 4.69) is 19.8 Å². The monoisotopic (exact) mass is 296 g/mol. The number of hydrogen-bond acceptors (Lipinski definition) is 4. The smallest absolute Gasteiger partial charge is 0.387 e. The Kier molecular flexibility index (Phi) is 3.19. The van der Waals surface area contributed by atoms with E-state index in [1.54, 1.807) is 18.2 Å². The van der Waals surface area contributed by atoms with Crippen molar-refractivity contribution in [3.05, 3.63) is 41.8 Å². The first-order chi connectivity index (χ1) is 9.63. The van der Waals surface area contributed by atoms with Crippen LogP contribution in [0, 0.1) is 0 Å². The van der Waals surface area contributed by atoms with Crippen LogP contribution in [0.1, 0.15) is 0 Å². The van der Waals surface area contributed by atoms with Gasteiger partial charge in [-0.1, -0.05) is 11.6 Å². The van der Waals surface area contributed by atoms with Gasteiger partial charge in [-0.3, -0.25) is 0 Å². The van der Waals surface area contributed by atoms with Gasteiger partial charge >= 0.3 is 6.61 Å². The standard InChI is InChI=1S/C12H7ClF2N4O/c13-10-5-9(18-12-16-6-17-19(10)12)7-1-3-8(4-2-7)20-11(14)15/h1-6,11H. The summed E-state index contributed by atoms with van der Waals surface area (Å²) in [5.74, 6) is 0.443. The Morgan fingerprint density at radius 2 is 1.95 bits per heavy atom. The number of alkyl halides is 2. The van der Waals surface area contributed by atoms with Crippen molar-refractivity contribution in [2.24, 2.45) is 0 Å². The first-order valence-corrected chi connectivity index (χ1v) is 5.93. The van der Waals surface area contributed by atoms with Gasteiger partial charge in [0.1, 0.15) is 17.2 Å². The highest BCUT2D eigenvalue weighted by Gasteiger charge is 2.09. The summed E-state index contributed by atoms with van der Waals surface area (Å²) in [5, 5.41) is 4.26. The lowest BCUT2D eigenvalue weighted by Gasteiger charge is -2.06. The molecule has 0 amide bonds. The molecule has 8 heteroatoms. The van der Waals surface area contributed by atoms with Crippen LogP contribution in [0.3, 0.4) is 0 Å². The van der Waals surface area contributed by atoms with E-state index in [1.165, 1.54) is 23.0 Å². The molecule has 0 saturated heterocycles. The van der Waals surface area contributed by atoms with Crippen molar-refractivity contribution in [2.45, 2.75) is 6.61 Å². The molecule has 0 N–H and O–H groups in total. The van der Waals surface area contributed by atoms with Crippen LogP contribution in [0.2, 0.25) is 5.15 Å². The number of fused-ring (bicyclic) bond motifs is 1. The van der Waals surface area contributed by atoms with Gasteiger partial charge in [0.25, 0.3) is 5.78 Å². The number of aromatic nitrogens is 4. The van der Waals surface area contributed by atoms with Gasteiger partial charge in [-0.25, -0.2) is 4.98 Å². The molecule has 0 spiro atoms. The first-order valence-electron chi connectivity index (χ1n) is 5.55. The van der Waals surface area contributed by atoms with Crippen LogP contribution in [0.4, 0.5) is 8.78 Å². The minimum Gasteiger partial charge on any atom is -0.435 e. The van der Waals surface area contributed by atoms with Gasteiger partial charge in [0.05, 0.1) is 5.69 Å². The summed E-state index contributed by atoms with van der Waals surface area (Å²) in [6.07, 6.45) is 1.34. The lowest BCUT2D eigenvalue weighted by atomic mass is 10.1. The molecule has 0 bridgehead atoms. The van der Waals surface area contributed by atoms with Crippen LogP contribution in [0.15, 0.2) is 36.7 Å². The highest BCUT2D eigenvalue weighted by Crippen LogP contribution is 2.24. The first kappa shape index (κ1) is 12.7. The summed E-state index contributed by atoms with van der Waals surface area (Å²) >= 11 is 6.05. The molecule has 5 nitrogen and oxygen atoms in total. The van der Waals surface area contributed by atoms with Gasteiger partial charge in [0.15, 0.2) is 0 Å². The molecule has 3 rings (SSSR count). The van der Waals surface area contributed by atoms with Crippen molar-refractivity contribution in [2.75, 3.05) is 0 Å². The second-order valence-corrected chi connectivity index (χ2v) is 4.23. The lowest BCUT2D eigenvalue weighted by molar-refractivity contribution is -0.0498. The third kappa shape index (κ3) is 2.39. The summed E-state index contributed by atoms with van der Waals surface area (Å²) in [5.41, 5.74) is 1.28. The number of benzene rings is 1. The topological polar surface area (TPSA) is 52.3 Å². The largest absolute Gasteiger partial charge is 0.435 e. The molecular weight excluding hydrogens is 290 g/mol. The van der Waals surface area contributed by atoms with Gasteiger partial charge in [0, 0.05) is 11.6 Å². The fourth-order valence-corrected chi connectivity index (χ4v) is 1.95. The number of halogens is 3. The maximum atomic E-state index is 12.1. The molecule has 0 aliphatic heterocycles. The van der Waals surface area contributed by atoms with Crippen molar-refractivity contribution in [1.82, 2.24) is 19.6 Å². The Morgan fingerprint density at radius 3 is 2.65 bits per heavy atom. The van der Waals surface area contributed by atoms with E-state index in [0.29, 0.717) is 22.2 Å².